The van der Waals surface area contributed by atoms with Gasteiger partial charge in [-0.1, -0.05) is 6.07 Å². The van der Waals surface area contributed by atoms with E-state index < -0.39 is 5.79 Å². The molecule has 0 saturated carbocycles. The molecule has 0 radical (unpaired) electrons. The van der Waals surface area contributed by atoms with Gasteiger partial charge in [-0.3, -0.25) is 0 Å². The van der Waals surface area contributed by atoms with Crippen molar-refractivity contribution in [1.82, 2.24) is 0 Å². The van der Waals surface area contributed by atoms with Gasteiger partial charge in [0, 0.05) is 6.42 Å². The summed E-state index contributed by atoms with van der Waals surface area (Å²) in [5.74, 6) is 1.01. The van der Waals surface area contributed by atoms with Gasteiger partial charge in [-0.05, 0) is 31.5 Å². The number of aryl methyl sites for hydroxylation is 1. The van der Waals surface area contributed by atoms with Crippen LogP contribution in [0.25, 0.3) is 0 Å². The van der Waals surface area contributed by atoms with Crippen LogP contribution in [0, 0.1) is 6.92 Å². The zero-order valence-corrected chi connectivity index (χ0v) is 11.2. The van der Waals surface area contributed by atoms with Crippen LogP contribution in [0.5, 0.6) is 11.5 Å². The normalized spacial score (nSPS) is 17.7. The molecule has 0 aromatic heterocycles. The topological polar surface area (TPSA) is 36.9 Å². The van der Waals surface area contributed by atoms with Gasteiger partial charge in [0.2, 0.25) is 0 Å². The minimum Gasteiger partial charge on any atom is -0.493 e. The fraction of sp³-hybridized carbons (Fsp3) is 0.571. The number of ether oxygens (including phenoxy) is 4. The van der Waals surface area contributed by atoms with Gasteiger partial charge in [0.1, 0.15) is 0 Å². The van der Waals surface area contributed by atoms with Crippen LogP contribution in [0.15, 0.2) is 18.2 Å². The van der Waals surface area contributed by atoms with E-state index in [2.05, 4.69) is 0 Å². The molecule has 0 spiro atoms. The summed E-state index contributed by atoms with van der Waals surface area (Å²) in [5.41, 5.74) is 1.15. The fourth-order valence-electron chi connectivity index (χ4n) is 1.94. The second kappa shape index (κ2) is 5.59. The summed E-state index contributed by atoms with van der Waals surface area (Å²) in [7, 11) is 1.64. The third kappa shape index (κ3) is 3.15. The van der Waals surface area contributed by atoms with Crippen LogP contribution in [0.2, 0.25) is 0 Å². The van der Waals surface area contributed by atoms with Crippen molar-refractivity contribution in [2.75, 3.05) is 26.9 Å². The maximum Gasteiger partial charge on any atom is 0.168 e. The first-order chi connectivity index (χ1) is 8.63. The van der Waals surface area contributed by atoms with E-state index in [9.17, 15) is 0 Å². The summed E-state index contributed by atoms with van der Waals surface area (Å²) >= 11 is 0. The maximum absolute atomic E-state index is 5.73. The van der Waals surface area contributed by atoms with Gasteiger partial charge in [0.15, 0.2) is 17.3 Å². The van der Waals surface area contributed by atoms with Gasteiger partial charge < -0.3 is 18.9 Å². The molecule has 0 unspecified atom stereocenters. The lowest BCUT2D eigenvalue weighted by atomic mass is 10.2. The van der Waals surface area contributed by atoms with Crippen molar-refractivity contribution in [3.05, 3.63) is 23.8 Å². The van der Waals surface area contributed by atoms with Gasteiger partial charge in [0.05, 0.1) is 26.9 Å². The van der Waals surface area contributed by atoms with E-state index in [1.165, 1.54) is 0 Å². The molecule has 1 aliphatic heterocycles. The largest absolute Gasteiger partial charge is 0.493 e. The molecular weight excluding hydrogens is 232 g/mol. The lowest BCUT2D eigenvalue weighted by molar-refractivity contribution is -0.150. The van der Waals surface area contributed by atoms with Crippen molar-refractivity contribution in [1.29, 1.82) is 0 Å². The van der Waals surface area contributed by atoms with E-state index in [1.807, 2.05) is 32.0 Å². The van der Waals surface area contributed by atoms with Crippen LogP contribution in [-0.2, 0) is 9.47 Å². The Labute approximate surface area is 108 Å². The summed E-state index contributed by atoms with van der Waals surface area (Å²) in [6.45, 7) is 5.81. The molecule has 1 saturated heterocycles. The molecule has 0 atom stereocenters. The Kier molecular flexibility index (Phi) is 4.09. The molecule has 100 valence electrons. The first kappa shape index (κ1) is 13.2. The zero-order chi connectivity index (χ0) is 13.0. The van der Waals surface area contributed by atoms with Crippen molar-refractivity contribution in [3.63, 3.8) is 0 Å². The van der Waals surface area contributed by atoms with Gasteiger partial charge in [-0.2, -0.15) is 0 Å². The highest BCUT2D eigenvalue weighted by Crippen LogP contribution is 2.29. The van der Waals surface area contributed by atoms with Gasteiger partial charge in [-0.15, -0.1) is 0 Å². The fourth-order valence-corrected chi connectivity index (χ4v) is 1.94. The lowest BCUT2D eigenvalue weighted by Gasteiger charge is -2.22. The van der Waals surface area contributed by atoms with Crippen LogP contribution in [0.3, 0.4) is 0 Å². The molecule has 4 nitrogen and oxygen atoms in total. The van der Waals surface area contributed by atoms with Gasteiger partial charge >= 0.3 is 0 Å². The SMILES string of the molecule is COc1cc(C)ccc1OCCC1(C)OCCO1. The highest BCUT2D eigenvalue weighted by Gasteiger charge is 2.30. The summed E-state index contributed by atoms with van der Waals surface area (Å²) in [6, 6.07) is 5.88. The van der Waals surface area contributed by atoms with Crippen LogP contribution in [-0.4, -0.2) is 32.7 Å². The molecule has 1 fully saturated rings. The van der Waals surface area contributed by atoms with E-state index in [4.69, 9.17) is 18.9 Å². The first-order valence-corrected chi connectivity index (χ1v) is 6.18. The Bertz CT molecular complexity index is 397. The van der Waals surface area contributed by atoms with Crippen LogP contribution < -0.4 is 9.47 Å². The number of hydrogen-bond donors (Lipinski definition) is 0. The van der Waals surface area contributed by atoms with Crippen molar-refractivity contribution < 1.29 is 18.9 Å². The smallest absolute Gasteiger partial charge is 0.168 e. The Morgan fingerprint density at radius 2 is 1.94 bits per heavy atom. The third-order valence-corrected chi connectivity index (χ3v) is 3.03. The second-order valence-electron chi connectivity index (χ2n) is 4.58. The first-order valence-electron chi connectivity index (χ1n) is 6.18. The highest BCUT2D eigenvalue weighted by atomic mass is 16.7. The van der Waals surface area contributed by atoms with Gasteiger partial charge in [-0.25, -0.2) is 0 Å². The summed E-state index contributed by atoms with van der Waals surface area (Å²) in [5, 5.41) is 0. The van der Waals surface area contributed by atoms with Gasteiger partial charge in [0.25, 0.3) is 0 Å². The molecule has 1 heterocycles. The molecule has 1 aliphatic rings. The molecular formula is C14H20O4. The molecule has 1 aromatic rings. The molecule has 0 amide bonds. The van der Waals surface area contributed by atoms with E-state index in [0.29, 0.717) is 26.2 Å². The van der Waals surface area contributed by atoms with E-state index in [0.717, 1.165) is 17.1 Å². The van der Waals surface area contributed by atoms with Crippen molar-refractivity contribution in [2.45, 2.75) is 26.1 Å². The maximum atomic E-state index is 5.73. The molecule has 1 aromatic carbocycles. The average Bonchev–Trinajstić information content (AvgIpc) is 2.78. The molecule has 18 heavy (non-hydrogen) atoms. The van der Waals surface area contributed by atoms with Crippen LogP contribution >= 0.6 is 0 Å². The molecule has 0 bridgehead atoms. The Morgan fingerprint density at radius 3 is 2.61 bits per heavy atom. The Morgan fingerprint density at radius 1 is 1.22 bits per heavy atom. The van der Waals surface area contributed by atoms with Crippen LogP contribution in [0.1, 0.15) is 18.9 Å². The minimum absolute atomic E-state index is 0.502. The quantitative estimate of drug-likeness (QED) is 0.807. The molecule has 4 heteroatoms. The predicted octanol–water partition coefficient (Wildman–Crippen LogP) is 2.54. The zero-order valence-electron chi connectivity index (χ0n) is 11.2. The summed E-state index contributed by atoms with van der Waals surface area (Å²) in [6.07, 6.45) is 0.698. The number of benzene rings is 1. The minimum atomic E-state index is -0.502. The Balaban J connectivity index is 1.90. The Hall–Kier alpha value is -1.26. The lowest BCUT2D eigenvalue weighted by Crippen LogP contribution is -2.27. The monoisotopic (exact) mass is 252 g/mol. The molecule has 0 N–H and O–H groups in total. The van der Waals surface area contributed by atoms with Crippen molar-refractivity contribution >= 4 is 0 Å². The standard InChI is InChI=1S/C14H20O4/c1-11-4-5-12(13(10-11)15-3)16-7-6-14(2)17-8-9-18-14/h4-5,10H,6-9H2,1-3H3. The van der Waals surface area contributed by atoms with Crippen LogP contribution in [0.4, 0.5) is 0 Å². The highest BCUT2D eigenvalue weighted by molar-refractivity contribution is 5.42. The third-order valence-electron chi connectivity index (χ3n) is 3.03. The molecule has 0 aliphatic carbocycles. The van der Waals surface area contributed by atoms with E-state index >= 15 is 0 Å². The average molecular weight is 252 g/mol. The van der Waals surface area contributed by atoms with Crippen molar-refractivity contribution in [3.8, 4) is 11.5 Å². The number of hydrogen-bond acceptors (Lipinski definition) is 4. The number of methoxy groups -OCH3 is 1. The van der Waals surface area contributed by atoms with Crippen molar-refractivity contribution in [2.24, 2.45) is 0 Å². The second-order valence-corrected chi connectivity index (χ2v) is 4.58. The van der Waals surface area contributed by atoms with E-state index in [1.54, 1.807) is 7.11 Å². The van der Waals surface area contributed by atoms with E-state index in [-0.39, 0.29) is 0 Å². The summed E-state index contributed by atoms with van der Waals surface area (Å²) in [4.78, 5) is 0. The predicted molar refractivity (Wildman–Crippen MR) is 68.2 cm³/mol. The molecule has 2 rings (SSSR count). The number of rotatable bonds is 5. The summed E-state index contributed by atoms with van der Waals surface area (Å²) < 4.78 is 22.1.